The zero-order chi connectivity index (χ0) is 13.5. The first-order valence-corrected chi connectivity index (χ1v) is 8.99. The molecule has 4 atom stereocenters. The van der Waals surface area contributed by atoms with Crippen molar-refractivity contribution in [3.8, 4) is 0 Å². The number of aliphatic hydroxyl groups is 1. The molecule has 0 aromatic carbocycles. The molecule has 2 fully saturated rings. The van der Waals surface area contributed by atoms with Crippen LogP contribution in [0.1, 0.15) is 90.4 Å². The zero-order valence-corrected chi connectivity index (χ0v) is 12.9. The second kappa shape index (κ2) is 8.29. The van der Waals surface area contributed by atoms with Gasteiger partial charge in [-0.1, -0.05) is 71.1 Å². The number of unbranched alkanes of at least 4 members (excludes halogenated alkanes) is 5. The van der Waals surface area contributed by atoms with E-state index in [2.05, 4.69) is 6.92 Å². The normalized spacial score (nSPS) is 35.1. The van der Waals surface area contributed by atoms with Crippen LogP contribution < -0.4 is 0 Å². The third kappa shape index (κ3) is 4.77. The quantitative estimate of drug-likeness (QED) is 0.619. The Morgan fingerprint density at radius 3 is 2.53 bits per heavy atom. The maximum Gasteiger partial charge on any atom is 0.0543 e. The first-order chi connectivity index (χ1) is 9.31. The Morgan fingerprint density at radius 2 is 1.68 bits per heavy atom. The van der Waals surface area contributed by atoms with E-state index in [0.29, 0.717) is 0 Å². The molecule has 1 nitrogen and oxygen atoms in total. The molecule has 0 aromatic heterocycles. The average molecular weight is 266 g/mol. The monoisotopic (exact) mass is 266 g/mol. The molecular formula is C18H34O. The highest BCUT2D eigenvalue weighted by atomic mass is 16.3. The minimum atomic E-state index is 0.0223. The smallest absolute Gasteiger partial charge is 0.0543 e. The van der Waals surface area contributed by atoms with E-state index in [-0.39, 0.29) is 6.10 Å². The Morgan fingerprint density at radius 1 is 0.895 bits per heavy atom. The second-order valence-electron chi connectivity index (χ2n) is 7.14. The Kier molecular flexibility index (Phi) is 6.70. The predicted molar refractivity (Wildman–Crippen MR) is 82.2 cm³/mol. The van der Waals surface area contributed by atoms with Crippen molar-refractivity contribution in [2.24, 2.45) is 17.8 Å². The maximum atomic E-state index is 9.83. The zero-order valence-electron chi connectivity index (χ0n) is 12.9. The van der Waals surface area contributed by atoms with Gasteiger partial charge in [0.05, 0.1) is 6.10 Å². The van der Waals surface area contributed by atoms with Gasteiger partial charge in [-0.05, 0) is 37.0 Å². The molecule has 0 aromatic rings. The molecular weight excluding hydrogens is 232 g/mol. The highest BCUT2D eigenvalue weighted by Gasteiger charge is 2.36. The van der Waals surface area contributed by atoms with E-state index in [9.17, 15) is 5.11 Å². The van der Waals surface area contributed by atoms with Gasteiger partial charge in [-0.2, -0.15) is 0 Å². The summed E-state index contributed by atoms with van der Waals surface area (Å²) in [5.41, 5.74) is 0. The lowest BCUT2D eigenvalue weighted by Crippen LogP contribution is -2.35. The number of hydrogen-bond donors (Lipinski definition) is 1. The van der Waals surface area contributed by atoms with Crippen molar-refractivity contribution < 1.29 is 5.11 Å². The first-order valence-electron chi connectivity index (χ1n) is 8.99. The first kappa shape index (κ1) is 15.4. The molecule has 0 aliphatic heterocycles. The van der Waals surface area contributed by atoms with E-state index in [1.54, 1.807) is 0 Å². The molecule has 2 rings (SSSR count). The lowest BCUT2D eigenvalue weighted by molar-refractivity contribution is 0.0185. The van der Waals surface area contributed by atoms with Crippen LogP contribution in [0.4, 0.5) is 0 Å². The van der Waals surface area contributed by atoms with Gasteiger partial charge in [-0.15, -0.1) is 0 Å². The molecule has 112 valence electrons. The van der Waals surface area contributed by atoms with E-state index >= 15 is 0 Å². The van der Waals surface area contributed by atoms with E-state index in [1.165, 1.54) is 70.6 Å². The Balaban J connectivity index is 1.65. The second-order valence-corrected chi connectivity index (χ2v) is 7.14. The van der Waals surface area contributed by atoms with Crippen molar-refractivity contribution in [2.45, 2.75) is 96.5 Å². The lowest BCUT2D eigenvalue weighted by Gasteiger charge is -2.43. The van der Waals surface area contributed by atoms with Crippen LogP contribution in [0.15, 0.2) is 0 Å². The van der Waals surface area contributed by atoms with Gasteiger partial charge in [-0.25, -0.2) is 0 Å². The van der Waals surface area contributed by atoms with Crippen molar-refractivity contribution in [2.75, 3.05) is 0 Å². The van der Waals surface area contributed by atoms with Crippen LogP contribution in [-0.2, 0) is 0 Å². The predicted octanol–water partition coefficient (Wildman–Crippen LogP) is 5.31. The van der Waals surface area contributed by atoms with Crippen molar-refractivity contribution in [3.63, 3.8) is 0 Å². The van der Waals surface area contributed by atoms with Gasteiger partial charge in [0.1, 0.15) is 0 Å². The van der Waals surface area contributed by atoms with Gasteiger partial charge in [0, 0.05) is 0 Å². The van der Waals surface area contributed by atoms with Crippen molar-refractivity contribution in [1.82, 2.24) is 0 Å². The highest BCUT2D eigenvalue weighted by molar-refractivity contribution is 4.87. The standard InChI is InChI=1S/C18H34O/c1-2-3-4-5-6-7-9-15-10-8-11-16-14-17(19)12-13-18(15)16/h15-19H,2-14H2,1H3. The minimum Gasteiger partial charge on any atom is -0.393 e. The van der Waals surface area contributed by atoms with Crippen molar-refractivity contribution in [1.29, 1.82) is 0 Å². The summed E-state index contributed by atoms with van der Waals surface area (Å²) in [6, 6.07) is 0. The summed E-state index contributed by atoms with van der Waals surface area (Å²) >= 11 is 0. The summed E-state index contributed by atoms with van der Waals surface area (Å²) in [6.07, 6.45) is 17.9. The van der Waals surface area contributed by atoms with Gasteiger partial charge in [0.25, 0.3) is 0 Å². The van der Waals surface area contributed by atoms with Crippen LogP contribution in [-0.4, -0.2) is 11.2 Å². The Labute approximate surface area is 120 Å². The van der Waals surface area contributed by atoms with Crippen LogP contribution in [0.25, 0.3) is 0 Å². The van der Waals surface area contributed by atoms with E-state index in [1.807, 2.05) is 0 Å². The lowest BCUT2D eigenvalue weighted by atomic mass is 9.64. The van der Waals surface area contributed by atoms with Crippen molar-refractivity contribution in [3.05, 3.63) is 0 Å². The average Bonchev–Trinajstić information content (AvgIpc) is 2.42. The van der Waals surface area contributed by atoms with Gasteiger partial charge < -0.3 is 5.11 Å². The molecule has 0 radical (unpaired) electrons. The summed E-state index contributed by atoms with van der Waals surface area (Å²) in [5.74, 6) is 2.83. The van der Waals surface area contributed by atoms with Crippen LogP contribution in [0.2, 0.25) is 0 Å². The molecule has 0 saturated heterocycles. The van der Waals surface area contributed by atoms with E-state index in [0.717, 1.165) is 30.6 Å². The number of aliphatic hydroxyl groups excluding tert-OH is 1. The maximum absolute atomic E-state index is 9.83. The summed E-state index contributed by atoms with van der Waals surface area (Å²) in [4.78, 5) is 0. The SMILES string of the molecule is CCCCCCCCC1CCCC2CC(O)CCC12. The number of rotatable bonds is 7. The molecule has 19 heavy (non-hydrogen) atoms. The fourth-order valence-electron chi connectivity index (χ4n) is 4.62. The Bertz CT molecular complexity index is 238. The van der Waals surface area contributed by atoms with E-state index in [4.69, 9.17) is 0 Å². The molecule has 0 heterocycles. The Hall–Kier alpha value is -0.0400. The van der Waals surface area contributed by atoms with Gasteiger partial charge in [0.2, 0.25) is 0 Å². The van der Waals surface area contributed by atoms with Gasteiger partial charge in [0.15, 0.2) is 0 Å². The summed E-state index contributed by atoms with van der Waals surface area (Å²) in [5, 5.41) is 9.83. The van der Waals surface area contributed by atoms with Crippen LogP contribution >= 0.6 is 0 Å². The van der Waals surface area contributed by atoms with Crippen LogP contribution in [0.3, 0.4) is 0 Å². The molecule has 1 heteroatoms. The number of hydrogen-bond acceptors (Lipinski definition) is 1. The molecule has 1 N–H and O–H groups in total. The third-order valence-electron chi connectivity index (χ3n) is 5.70. The summed E-state index contributed by atoms with van der Waals surface area (Å²) in [6.45, 7) is 2.29. The minimum absolute atomic E-state index is 0.0223. The molecule has 4 unspecified atom stereocenters. The fourth-order valence-corrected chi connectivity index (χ4v) is 4.62. The molecule has 0 bridgehead atoms. The van der Waals surface area contributed by atoms with Crippen LogP contribution in [0.5, 0.6) is 0 Å². The highest BCUT2D eigenvalue weighted by Crippen LogP contribution is 2.45. The van der Waals surface area contributed by atoms with Crippen LogP contribution in [0, 0.1) is 17.8 Å². The summed E-state index contributed by atoms with van der Waals surface area (Å²) in [7, 11) is 0. The molecule has 2 aliphatic carbocycles. The summed E-state index contributed by atoms with van der Waals surface area (Å²) < 4.78 is 0. The van der Waals surface area contributed by atoms with Crippen molar-refractivity contribution >= 4 is 0 Å². The fraction of sp³-hybridized carbons (Fsp3) is 1.00. The molecule has 2 saturated carbocycles. The third-order valence-corrected chi connectivity index (χ3v) is 5.70. The van der Waals surface area contributed by atoms with Gasteiger partial charge in [-0.3, -0.25) is 0 Å². The van der Waals surface area contributed by atoms with E-state index < -0.39 is 0 Å². The molecule has 2 aliphatic rings. The largest absolute Gasteiger partial charge is 0.393 e. The molecule has 0 spiro atoms. The topological polar surface area (TPSA) is 20.2 Å². The van der Waals surface area contributed by atoms with Gasteiger partial charge >= 0.3 is 0 Å². The molecule has 0 amide bonds. The number of fused-ring (bicyclic) bond motifs is 1.